The normalized spacial score (nSPS) is 24.4. The molecular weight excluding hydrogens is 252 g/mol. The van der Waals surface area contributed by atoms with E-state index in [0.29, 0.717) is 0 Å². The van der Waals surface area contributed by atoms with Crippen molar-refractivity contribution in [2.24, 2.45) is 11.8 Å². The average molecular weight is 276 g/mol. The molecule has 110 valence electrons. The number of rotatable bonds is 4. The van der Waals surface area contributed by atoms with Crippen LogP contribution in [-0.4, -0.2) is 17.2 Å². The number of hydrogen-bond donors (Lipinski definition) is 1. The van der Waals surface area contributed by atoms with Crippen LogP contribution in [-0.2, 0) is 9.53 Å². The SMILES string of the molecule is CC(C)OC(=O)C1CCC(C(O)c2ccccc2)CC1. The lowest BCUT2D eigenvalue weighted by Gasteiger charge is -2.31. The Morgan fingerprint density at radius 1 is 1.15 bits per heavy atom. The molecule has 0 radical (unpaired) electrons. The summed E-state index contributed by atoms with van der Waals surface area (Å²) in [6, 6.07) is 9.77. The molecule has 2 rings (SSSR count). The first-order valence-corrected chi connectivity index (χ1v) is 7.51. The molecule has 0 saturated heterocycles. The van der Waals surface area contributed by atoms with Crippen LogP contribution in [0.4, 0.5) is 0 Å². The van der Waals surface area contributed by atoms with Gasteiger partial charge in [-0.25, -0.2) is 0 Å². The van der Waals surface area contributed by atoms with Gasteiger partial charge in [-0.1, -0.05) is 30.3 Å². The maximum Gasteiger partial charge on any atom is 0.309 e. The van der Waals surface area contributed by atoms with Crippen molar-refractivity contribution in [1.29, 1.82) is 0 Å². The van der Waals surface area contributed by atoms with Gasteiger partial charge in [0.05, 0.1) is 18.1 Å². The lowest BCUT2D eigenvalue weighted by atomic mass is 9.78. The third-order valence-corrected chi connectivity index (χ3v) is 4.04. The Hall–Kier alpha value is -1.35. The summed E-state index contributed by atoms with van der Waals surface area (Å²) in [5.41, 5.74) is 0.973. The van der Waals surface area contributed by atoms with Gasteiger partial charge in [-0.15, -0.1) is 0 Å². The third kappa shape index (κ3) is 3.83. The molecule has 1 unspecified atom stereocenters. The van der Waals surface area contributed by atoms with E-state index in [9.17, 15) is 9.90 Å². The van der Waals surface area contributed by atoms with E-state index in [1.807, 2.05) is 44.2 Å². The fourth-order valence-corrected chi connectivity index (χ4v) is 2.92. The van der Waals surface area contributed by atoms with E-state index in [0.717, 1.165) is 31.2 Å². The van der Waals surface area contributed by atoms with Gasteiger partial charge in [-0.3, -0.25) is 4.79 Å². The molecule has 0 bridgehead atoms. The van der Waals surface area contributed by atoms with Crippen molar-refractivity contribution in [2.75, 3.05) is 0 Å². The van der Waals surface area contributed by atoms with E-state index >= 15 is 0 Å². The Labute approximate surface area is 121 Å². The first-order chi connectivity index (χ1) is 9.58. The highest BCUT2D eigenvalue weighted by Gasteiger charge is 2.31. The Bertz CT molecular complexity index is 419. The van der Waals surface area contributed by atoms with E-state index in [4.69, 9.17) is 4.74 Å². The third-order valence-electron chi connectivity index (χ3n) is 4.04. The van der Waals surface area contributed by atoms with Gasteiger partial charge in [-0.2, -0.15) is 0 Å². The van der Waals surface area contributed by atoms with Gasteiger partial charge in [0.15, 0.2) is 0 Å². The summed E-state index contributed by atoms with van der Waals surface area (Å²) in [4.78, 5) is 11.9. The second-order valence-corrected chi connectivity index (χ2v) is 5.95. The van der Waals surface area contributed by atoms with Crippen LogP contribution in [0.25, 0.3) is 0 Å². The average Bonchev–Trinajstić information content (AvgIpc) is 2.47. The van der Waals surface area contributed by atoms with Crippen LogP contribution in [0.3, 0.4) is 0 Å². The molecule has 3 nitrogen and oxygen atoms in total. The molecule has 1 aliphatic carbocycles. The molecule has 1 aliphatic rings. The summed E-state index contributed by atoms with van der Waals surface area (Å²) in [5.74, 6) is 0.185. The van der Waals surface area contributed by atoms with Crippen molar-refractivity contribution in [3.63, 3.8) is 0 Å². The molecule has 1 N–H and O–H groups in total. The van der Waals surface area contributed by atoms with Crippen molar-refractivity contribution < 1.29 is 14.6 Å². The minimum Gasteiger partial charge on any atom is -0.463 e. The zero-order valence-corrected chi connectivity index (χ0v) is 12.3. The van der Waals surface area contributed by atoms with E-state index in [1.54, 1.807) is 0 Å². The van der Waals surface area contributed by atoms with Gasteiger partial charge < -0.3 is 9.84 Å². The Morgan fingerprint density at radius 2 is 1.75 bits per heavy atom. The highest BCUT2D eigenvalue weighted by molar-refractivity contribution is 5.72. The quantitative estimate of drug-likeness (QED) is 0.856. The number of carbonyl (C=O) groups excluding carboxylic acids is 1. The fourth-order valence-electron chi connectivity index (χ4n) is 2.92. The molecule has 1 saturated carbocycles. The summed E-state index contributed by atoms with van der Waals surface area (Å²) >= 11 is 0. The molecule has 0 aromatic heterocycles. The molecule has 0 amide bonds. The molecule has 20 heavy (non-hydrogen) atoms. The number of carbonyl (C=O) groups is 1. The van der Waals surface area contributed by atoms with Crippen molar-refractivity contribution in [3.8, 4) is 0 Å². The number of ether oxygens (including phenoxy) is 1. The summed E-state index contributed by atoms with van der Waals surface area (Å²) in [5, 5.41) is 10.4. The van der Waals surface area contributed by atoms with Crippen molar-refractivity contribution >= 4 is 5.97 Å². The summed E-state index contributed by atoms with van der Waals surface area (Å²) in [6.07, 6.45) is 2.94. The van der Waals surface area contributed by atoms with Crippen molar-refractivity contribution in [1.82, 2.24) is 0 Å². The minimum atomic E-state index is -0.418. The minimum absolute atomic E-state index is 0.0108. The zero-order valence-electron chi connectivity index (χ0n) is 12.3. The van der Waals surface area contributed by atoms with Gasteiger partial charge in [0.25, 0.3) is 0 Å². The predicted octanol–water partition coefficient (Wildman–Crippen LogP) is 3.48. The Morgan fingerprint density at radius 3 is 2.30 bits per heavy atom. The van der Waals surface area contributed by atoms with Crippen LogP contribution in [0, 0.1) is 11.8 Å². The number of hydrogen-bond acceptors (Lipinski definition) is 3. The van der Waals surface area contributed by atoms with Crippen LogP contribution in [0.15, 0.2) is 30.3 Å². The maximum absolute atomic E-state index is 11.9. The lowest BCUT2D eigenvalue weighted by molar-refractivity contribution is -0.154. The molecule has 1 atom stereocenters. The van der Waals surface area contributed by atoms with E-state index < -0.39 is 6.10 Å². The van der Waals surface area contributed by atoms with Gasteiger partial charge in [-0.05, 0) is 51.0 Å². The zero-order chi connectivity index (χ0) is 14.5. The summed E-state index contributed by atoms with van der Waals surface area (Å²) in [6.45, 7) is 3.76. The fraction of sp³-hybridized carbons (Fsp3) is 0.588. The standard InChI is InChI=1S/C17H24O3/c1-12(2)20-17(19)15-10-8-14(9-11-15)16(18)13-6-4-3-5-7-13/h3-7,12,14-16,18H,8-11H2,1-2H3. The molecular formula is C17H24O3. The second-order valence-electron chi connectivity index (χ2n) is 5.95. The smallest absolute Gasteiger partial charge is 0.309 e. The largest absolute Gasteiger partial charge is 0.463 e. The van der Waals surface area contributed by atoms with Gasteiger partial charge >= 0.3 is 5.97 Å². The highest BCUT2D eigenvalue weighted by Crippen LogP contribution is 2.37. The van der Waals surface area contributed by atoms with Gasteiger partial charge in [0.2, 0.25) is 0 Å². The van der Waals surface area contributed by atoms with Crippen molar-refractivity contribution in [2.45, 2.75) is 51.7 Å². The van der Waals surface area contributed by atoms with Crippen LogP contribution in [0.1, 0.15) is 51.2 Å². The molecule has 0 heterocycles. The monoisotopic (exact) mass is 276 g/mol. The van der Waals surface area contributed by atoms with E-state index in [1.165, 1.54) is 0 Å². The number of benzene rings is 1. The molecule has 3 heteroatoms. The summed E-state index contributed by atoms with van der Waals surface area (Å²) < 4.78 is 5.27. The lowest BCUT2D eigenvalue weighted by Crippen LogP contribution is -2.27. The number of esters is 1. The van der Waals surface area contributed by atoms with Crippen LogP contribution < -0.4 is 0 Å². The first kappa shape index (κ1) is 15.0. The molecule has 1 aromatic carbocycles. The van der Waals surface area contributed by atoms with Crippen LogP contribution in [0.2, 0.25) is 0 Å². The second kappa shape index (κ2) is 6.89. The van der Waals surface area contributed by atoms with E-state index in [2.05, 4.69) is 0 Å². The Balaban J connectivity index is 1.87. The number of aliphatic hydroxyl groups excluding tert-OH is 1. The van der Waals surface area contributed by atoms with Crippen LogP contribution >= 0.6 is 0 Å². The van der Waals surface area contributed by atoms with Gasteiger partial charge in [0.1, 0.15) is 0 Å². The number of aliphatic hydroxyl groups is 1. The molecule has 0 spiro atoms. The van der Waals surface area contributed by atoms with E-state index in [-0.39, 0.29) is 23.9 Å². The molecule has 1 aromatic rings. The highest BCUT2D eigenvalue weighted by atomic mass is 16.5. The van der Waals surface area contributed by atoms with Crippen molar-refractivity contribution in [3.05, 3.63) is 35.9 Å². The topological polar surface area (TPSA) is 46.5 Å². The summed E-state index contributed by atoms with van der Waals surface area (Å²) in [7, 11) is 0. The molecule has 1 fully saturated rings. The maximum atomic E-state index is 11.9. The first-order valence-electron chi connectivity index (χ1n) is 7.51. The Kier molecular flexibility index (Phi) is 5.18. The predicted molar refractivity (Wildman–Crippen MR) is 78.1 cm³/mol. The molecule has 0 aliphatic heterocycles. The van der Waals surface area contributed by atoms with Gasteiger partial charge in [0, 0.05) is 0 Å². The van der Waals surface area contributed by atoms with Crippen LogP contribution in [0.5, 0.6) is 0 Å².